The molecule has 0 saturated carbocycles. The summed E-state index contributed by atoms with van der Waals surface area (Å²) in [7, 11) is 2.93. The van der Waals surface area contributed by atoms with Crippen molar-refractivity contribution in [1.29, 1.82) is 0 Å². The summed E-state index contributed by atoms with van der Waals surface area (Å²) in [5.74, 6) is -0.845. The van der Waals surface area contributed by atoms with Gasteiger partial charge in [-0.15, -0.1) is 0 Å². The summed E-state index contributed by atoms with van der Waals surface area (Å²) in [5.41, 5.74) is 0.797. The van der Waals surface area contributed by atoms with Crippen LogP contribution in [0, 0.1) is 0 Å². The highest BCUT2D eigenvalue weighted by Crippen LogP contribution is 2.12. The van der Waals surface area contributed by atoms with Crippen molar-refractivity contribution in [1.82, 2.24) is 5.32 Å². The topological polar surface area (TPSA) is 84.9 Å². The molecule has 104 valence electrons. The van der Waals surface area contributed by atoms with Gasteiger partial charge in [-0.2, -0.15) is 0 Å². The minimum absolute atomic E-state index is 0.160. The van der Waals surface area contributed by atoms with Gasteiger partial charge in [0.05, 0.1) is 7.11 Å². The number of carboxylic acid groups (broad SMARTS) is 1. The fourth-order valence-corrected chi connectivity index (χ4v) is 1.56. The average Bonchev–Trinajstić information content (AvgIpc) is 2.39. The van der Waals surface area contributed by atoms with Crippen molar-refractivity contribution in [2.24, 2.45) is 0 Å². The Bertz CT molecular complexity index is 429. The van der Waals surface area contributed by atoms with E-state index in [-0.39, 0.29) is 13.0 Å². The van der Waals surface area contributed by atoms with E-state index in [1.807, 2.05) is 0 Å². The van der Waals surface area contributed by atoms with E-state index in [0.717, 1.165) is 5.56 Å². The molecule has 0 fully saturated rings. The Labute approximate surface area is 111 Å². The standard InChI is InChI=1S/C13H17NO5/c1-18-8-12(15)14-11(13(16)17)7-9-3-5-10(19-2)6-4-9/h3-6,11H,7-8H2,1-2H3,(H,14,15)(H,16,17)/t11-/m1/s1. The molecule has 6 nitrogen and oxygen atoms in total. The molecule has 0 aliphatic heterocycles. The smallest absolute Gasteiger partial charge is 0.326 e. The van der Waals surface area contributed by atoms with E-state index in [9.17, 15) is 9.59 Å². The maximum absolute atomic E-state index is 11.3. The molecule has 1 aromatic carbocycles. The van der Waals surface area contributed by atoms with Crippen molar-refractivity contribution in [2.45, 2.75) is 12.5 Å². The first-order valence-electron chi connectivity index (χ1n) is 5.71. The predicted octanol–water partition coefficient (Wildman–Crippen LogP) is 0.453. The molecule has 0 aliphatic carbocycles. The molecule has 1 amide bonds. The van der Waals surface area contributed by atoms with Crippen molar-refractivity contribution in [3.8, 4) is 5.75 Å². The van der Waals surface area contributed by atoms with Crippen molar-refractivity contribution >= 4 is 11.9 Å². The largest absolute Gasteiger partial charge is 0.497 e. The molecule has 1 aromatic rings. The molecule has 0 saturated heterocycles. The van der Waals surface area contributed by atoms with E-state index in [4.69, 9.17) is 9.84 Å². The van der Waals surface area contributed by atoms with Gasteiger partial charge in [0.1, 0.15) is 18.4 Å². The second kappa shape index (κ2) is 7.38. The van der Waals surface area contributed by atoms with Gasteiger partial charge in [-0.1, -0.05) is 12.1 Å². The summed E-state index contributed by atoms with van der Waals surface area (Å²) in [5, 5.41) is 11.5. The molecular formula is C13H17NO5. The third kappa shape index (κ3) is 4.97. The first kappa shape index (κ1) is 15.0. The van der Waals surface area contributed by atoms with Gasteiger partial charge in [0, 0.05) is 13.5 Å². The maximum Gasteiger partial charge on any atom is 0.326 e. The van der Waals surface area contributed by atoms with Gasteiger partial charge in [-0.25, -0.2) is 4.79 Å². The van der Waals surface area contributed by atoms with Crippen LogP contribution in [0.2, 0.25) is 0 Å². The maximum atomic E-state index is 11.3. The van der Waals surface area contributed by atoms with Crippen LogP contribution in [0.1, 0.15) is 5.56 Å². The number of carbonyl (C=O) groups excluding carboxylic acids is 1. The highest BCUT2D eigenvalue weighted by atomic mass is 16.5. The number of aliphatic carboxylic acids is 1. The van der Waals surface area contributed by atoms with Crippen molar-refractivity contribution in [2.75, 3.05) is 20.8 Å². The minimum Gasteiger partial charge on any atom is -0.497 e. The summed E-state index contributed by atoms with van der Waals surface area (Å²) >= 11 is 0. The molecular weight excluding hydrogens is 250 g/mol. The number of hydrogen-bond donors (Lipinski definition) is 2. The number of carbonyl (C=O) groups is 2. The van der Waals surface area contributed by atoms with Crippen molar-refractivity contribution in [3.63, 3.8) is 0 Å². The van der Waals surface area contributed by atoms with Crippen LogP contribution in [0.3, 0.4) is 0 Å². The quantitative estimate of drug-likeness (QED) is 0.749. The second-order valence-electron chi connectivity index (χ2n) is 3.94. The molecule has 0 aromatic heterocycles. The van der Waals surface area contributed by atoms with Crippen LogP contribution in [-0.2, 0) is 20.7 Å². The molecule has 0 unspecified atom stereocenters. The SMILES string of the molecule is COCC(=O)N[C@H](Cc1ccc(OC)cc1)C(=O)O. The highest BCUT2D eigenvalue weighted by Gasteiger charge is 2.20. The lowest BCUT2D eigenvalue weighted by molar-refractivity contribution is -0.142. The number of hydrogen-bond acceptors (Lipinski definition) is 4. The van der Waals surface area contributed by atoms with Crippen LogP contribution in [0.15, 0.2) is 24.3 Å². The molecule has 0 spiro atoms. The second-order valence-corrected chi connectivity index (χ2v) is 3.94. The Balaban J connectivity index is 2.66. The monoisotopic (exact) mass is 267 g/mol. The van der Waals surface area contributed by atoms with Crippen LogP contribution in [0.25, 0.3) is 0 Å². The van der Waals surface area contributed by atoms with E-state index in [2.05, 4.69) is 10.1 Å². The summed E-state index contributed by atoms with van der Waals surface area (Å²) in [4.78, 5) is 22.4. The van der Waals surface area contributed by atoms with Crippen LogP contribution in [-0.4, -0.2) is 43.9 Å². The van der Waals surface area contributed by atoms with E-state index in [0.29, 0.717) is 5.75 Å². The Hall–Kier alpha value is -2.08. The summed E-state index contributed by atoms with van der Waals surface area (Å²) < 4.78 is 9.66. The van der Waals surface area contributed by atoms with E-state index >= 15 is 0 Å². The Morgan fingerprint density at radius 2 is 1.89 bits per heavy atom. The van der Waals surface area contributed by atoms with Gasteiger partial charge >= 0.3 is 5.97 Å². The average molecular weight is 267 g/mol. The fraction of sp³-hybridized carbons (Fsp3) is 0.385. The molecule has 1 atom stereocenters. The normalized spacial score (nSPS) is 11.7. The molecule has 0 radical (unpaired) electrons. The van der Waals surface area contributed by atoms with Gasteiger partial charge in [0.2, 0.25) is 5.91 Å². The molecule has 6 heteroatoms. The zero-order valence-electron chi connectivity index (χ0n) is 10.9. The molecule has 2 N–H and O–H groups in total. The van der Waals surface area contributed by atoms with Crippen molar-refractivity contribution in [3.05, 3.63) is 29.8 Å². The number of rotatable bonds is 7. The number of benzene rings is 1. The van der Waals surface area contributed by atoms with Gasteiger partial charge < -0.3 is 19.9 Å². The van der Waals surface area contributed by atoms with Gasteiger partial charge in [-0.05, 0) is 17.7 Å². The third-order valence-electron chi connectivity index (χ3n) is 2.51. The zero-order valence-corrected chi connectivity index (χ0v) is 10.9. The van der Waals surface area contributed by atoms with Crippen molar-refractivity contribution < 1.29 is 24.2 Å². The Morgan fingerprint density at radius 3 is 2.37 bits per heavy atom. The summed E-state index contributed by atoms with van der Waals surface area (Å²) in [6.45, 7) is -0.160. The lowest BCUT2D eigenvalue weighted by atomic mass is 10.1. The first-order chi connectivity index (χ1) is 9.06. The molecule has 0 heterocycles. The predicted molar refractivity (Wildman–Crippen MR) is 68.1 cm³/mol. The number of nitrogens with one attached hydrogen (secondary N) is 1. The third-order valence-corrected chi connectivity index (χ3v) is 2.51. The van der Waals surface area contributed by atoms with Gasteiger partial charge in [0.15, 0.2) is 0 Å². The molecule has 1 rings (SSSR count). The zero-order chi connectivity index (χ0) is 14.3. The van der Waals surface area contributed by atoms with E-state index < -0.39 is 17.9 Å². The summed E-state index contributed by atoms with van der Waals surface area (Å²) in [6.07, 6.45) is 0.203. The van der Waals surface area contributed by atoms with Crippen LogP contribution in [0.5, 0.6) is 5.75 Å². The van der Waals surface area contributed by atoms with E-state index in [1.165, 1.54) is 7.11 Å². The highest BCUT2D eigenvalue weighted by molar-refractivity contribution is 5.84. The number of ether oxygens (including phenoxy) is 2. The van der Waals surface area contributed by atoms with Gasteiger partial charge in [0.25, 0.3) is 0 Å². The first-order valence-corrected chi connectivity index (χ1v) is 5.71. The number of amides is 1. The molecule has 0 bridgehead atoms. The van der Waals surface area contributed by atoms with Crippen LogP contribution in [0.4, 0.5) is 0 Å². The summed E-state index contributed by atoms with van der Waals surface area (Å²) in [6, 6.07) is 6.03. The number of carboxylic acids is 1. The minimum atomic E-state index is -1.08. The lowest BCUT2D eigenvalue weighted by Crippen LogP contribution is -2.43. The fourth-order valence-electron chi connectivity index (χ4n) is 1.56. The Kier molecular flexibility index (Phi) is 5.81. The Morgan fingerprint density at radius 1 is 1.26 bits per heavy atom. The lowest BCUT2D eigenvalue weighted by Gasteiger charge is -2.14. The number of methoxy groups -OCH3 is 2. The van der Waals surface area contributed by atoms with Gasteiger partial charge in [-0.3, -0.25) is 4.79 Å². The van der Waals surface area contributed by atoms with Crippen LogP contribution >= 0.6 is 0 Å². The van der Waals surface area contributed by atoms with Crippen LogP contribution < -0.4 is 10.1 Å². The van der Waals surface area contributed by atoms with E-state index in [1.54, 1.807) is 31.4 Å². The molecule has 0 aliphatic rings. The molecule has 19 heavy (non-hydrogen) atoms.